The van der Waals surface area contributed by atoms with Crippen LogP contribution in [0.4, 0.5) is 4.39 Å². The number of phenolic OH excluding ortho intramolecular Hbond substituents is 1. The summed E-state index contributed by atoms with van der Waals surface area (Å²) in [6.07, 6.45) is 1.01. The Morgan fingerprint density at radius 1 is 1.32 bits per heavy atom. The average Bonchev–Trinajstić information content (AvgIpc) is 2.57. The fraction of sp³-hybridized carbons (Fsp3) is 0.500. The highest BCUT2D eigenvalue weighted by atomic mass is 19.1. The second-order valence-electron chi connectivity index (χ2n) is 5.02. The lowest BCUT2D eigenvalue weighted by atomic mass is 10.1. The van der Waals surface area contributed by atoms with Crippen molar-refractivity contribution in [1.82, 2.24) is 9.80 Å². The minimum atomic E-state index is -0.503. The van der Waals surface area contributed by atoms with Crippen LogP contribution in [0.2, 0.25) is 0 Å². The molecule has 0 bridgehead atoms. The van der Waals surface area contributed by atoms with Gasteiger partial charge in [0, 0.05) is 13.1 Å². The minimum Gasteiger partial charge on any atom is -0.507 e. The van der Waals surface area contributed by atoms with Gasteiger partial charge in [0.05, 0.1) is 12.1 Å². The highest BCUT2D eigenvalue weighted by Crippen LogP contribution is 2.19. The molecule has 0 amide bonds. The number of carbonyl (C=O) groups excluding carboxylic acids is 1. The average molecular weight is 266 g/mol. The van der Waals surface area contributed by atoms with Gasteiger partial charge in [-0.2, -0.15) is 0 Å². The third-order valence-corrected chi connectivity index (χ3v) is 3.44. The van der Waals surface area contributed by atoms with Gasteiger partial charge in [-0.1, -0.05) is 0 Å². The maximum atomic E-state index is 13.1. The van der Waals surface area contributed by atoms with Gasteiger partial charge in [-0.15, -0.1) is 0 Å². The van der Waals surface area contributed by atoms with E-state index in [-0.39, 0.29) is 23.6 Å². The number of benzene rings is 1. The molecular formula is C14H19FN2O2. The number of hydrogen-bond acceptors (Lipinski definition) is 4. The number of hydrogen-bond donors (Lipinski definition) is 1. The highest BCUT2D eigenvalue weighted by Gasteiger charge is 2.18. The van der Waals surface area contributed by atoms with E-state index in [0.717, 1.165) is 44.7 Å². The molecule has 0 unspecified atom stereocenters. The van der Waals surface area contributed by atoms with Gasteiger partial charge in [-0.05, 0) is 44.8 Å². The number of ketones is 1. The van der Waals surface area contributed by atoms with Gasteiger partial charge >= 0.3 is 0 Å². The van der Waals surface area contributed by atoms with Crippen LogP contribution in [0.1, 0.15) is 16.8 Å². The molecule has 1 heterocycles. The summed E-state index contributed by atoms with van der Waals surface area (Å²) >= 11 is 0. The predicted octanol–water partition coefficient (Wildman–Crippen LogP) is 1.35. The first-order chi connectivity index (χ1) is 9.06. The van der Waals surface area contributed by atoms with E-state index in [9.17, 15) is 14.3 Å². The molecule has 1 aromatic carbocycles. The zero-order chi connectivity index (χ0) is 13.8. The number of Topliss-reactive ketones (excluding diaryl/α,β-unsaturated/α-hetero) is 1. The van der Waals surface area contributed by atoms with E-state index in [1.807, 2.05) is 0 Å². The molecule has 0 atom stereocenters. The number of aromatic hydroxyl groups is 1. The molecule has 1 aromatic rings. The zero-order valence-corrected chi connectivity index (χ0v) is 11.1. The lowest BCUT2D eigenvalue weighted by Gasteiger charge is -2.19. The van der Waals surface area contributed by atoms with E-state index in [4.69, 9.17) is 0 Å². The van der Waals surface area contributed by atoms with Crippen molar-refractivity contribution in [3.63, 3.8) is 0 Å². The third kappa shape index (κ3) is 3.75. The summed E-state index contributed by atoms with van der Waals surface area (Å²) in [4.78, 5) is 16.4. The number of rotatable bonds is 3. The van der Waals surface area contributed by atoms with Crippen molar-refractivity contribution < 1.29 is 14.3 Å². The minimum absolute atomic E-state index is 0.0672. The van der Waals surface area contributed by atoms with Crippen molar-refractivity contribution in [2.75, 3.05) is 39.8 Å². The Labute approximate surface area is 112 Å². The quantitative estimate of drug-likeness (QED) is 0.839. The van der Waals surface area contributed by atoms with Crippen molar-refractivity contribution in [2.45, 2.75) is 6.42 Å². The smallest absolute Gasteiger partial charge is 0.180 e. The summed E-state index contributed by atoms with van der Waals surface area (Å²) in [5.74, 6) is -0.892. The van der Waals surface area contributed by atoms with Crippen LogP contribution in [0.5, 0.6) is 5.75 Å². The summed E-state index contributed by atoms with van der Waals surface area (Å²) in [6, 6.07) is 3.47. The summed E-state index contributed by atoms with van der Waals surface area (Å²) in [5, 5.41) is 9.62. The van der Waals surface area contributed by atoms with Crippen LogP contribution in [0, 0.1) is 5.82 Å². The first kappa shape index (κ1) is 14.0. The van der Waals surface area contributed by atoms with Crippen molar-refractivity contribution >= 4 is 5.78 Å². The molecule has 0 aromatic heterocycles. The Morgan fingerprint density at radius 3 is 2.89 bits per heavy atom. The standard InChI is InChI=1S/C14H19FN2O2/c1-16-5-2-6-17(8-7-16)10-14(19)12-9-11(15)3-4-13(12)18/h3-4,9,18H,2,5-8,10H2,1H3. The van der Waals surface area contributed by atoms with E-state index in [0.29, 0.717) is 0 Å². The molecule has 2 rings (SSSR count). The molecule has 1 saturated heterocycles. The summed E-state index contributed by atoms with van der Waals surface area (Å²) < 4.78 is 13.1. The van der Waals surface area contributed by atoms with Crippen molar-refractivity contribution in [3.8, 4) is 5.75 Å². The number of nitrogens with zero attached hydrogens (tertiary/aromatic N) is 2. The molecule has 0 aliphatic carbocycles. The number of phenols is 1. The van der Waals surface area contributed by atoms with Gasteiger partial charge in [0.2, 0.25) is 0 Å². The Hall–Kier alpha value is -1.46. The van der Waals surface area contributed by atoms with Gasteiger partial charge in [-0.3, -0.25) is 9.69 Å². The van der Waals surface area contributed by atoms with E-state index in [2.05, 4.69) is 16.8 Å². The van der Waals surface area contributed by atoms with Gasteiger partial charge in [0.15, 0.2) is 5.78 Å². The molecule has 104 valence electrons. The highest BCUT2D eigenvalue weighted by molar-refractivity contribution is 6.00. The molecule has 0 saturated carbocycles. The lowest BCUT2D eigenvalue weighted by molar-refractivity contribution is 0.0930. The van der Waals surface area contributed by atoms with Crippen LogP contribution in [0.3, 0.4) is 0 Å². The van der Waals surface area contributed by atoms with E-state index in [1.165, 1.54) is 6.07 Å². The molecule has 19 heavy (non-hydrogen) atoms. The second kappa shape index (κ2) is 6.12. The van der Waals surface area contributed by atoms with Crippen LogP contribution >= 0.6 is 0 Å². The Kier molecular flexibility index (Phi) is 4.50. The van der Waals surface area contributed by atoms with Crippen LogP contribution in [-0.4, -0.2) is 60.5 Å². The molecule has 1 N–H and O–H groups in total. The van der Waals surface area contributed by atoms with Gasteiger partial charge in [-0.25, -0.2) is 4.39 Å². The monoisotopic (exact) mass is 266 g/mol. The van der Waals surface area contributed by atoms with Crippen LogP contribution in [-0.2, 0) is 0 Å². The first-order valence-corrected chi connectivity index (χ1v) is 6.49. The molecule has 0 spiro atoms. The first-order valence-electron chi connectivity index (χ1n) is 6.49. The Balaban J connectivity index is 2.02. The molecule has 0 radical (unpaired) electrons. The number of halogens is 1. The number of carbonyl (C=O) groups is 1. The van der Waals surface area contributed by atoms with Crippen LogP contribution < -0.4 is 0 Å². The van der Waals surface area contributed by atoms with Crippen molar-refractivity contribution in [3.05, 3.63) is 29.6 Å². The molecule has 5 heteroatoms. The zero-order valence-electron chi connectivity index (χ0n) is 11.1. The van der Waals surface area contributed by atoms with Crippen molar-refractivity contribution in [2.24, 2.45) is 0 Å². The molecule has 1 fully saturated rings. The lowest BCUT2D eigenvalue weighted by Crippen LogP contribution is -2.33. The maximum Gasteiger partial charge on any atom is 0.180 e. The fourth-order valence-corrected chi connectivity index (χ4v) is 2.28. The fourth-order valence-electron chi connectivity index (χ4n) is 2.28. The van der Waals surface area contributed by atoms with Gasteiger partial charge < -0.3 is 10.0 Å². The number of likely N-dealkylation sites (N-methyl/N-ethyl adjacent to an activating group) is 1. The Bertz CT molecular complexity index is 465. The summed E-state index contributed by atoms with van der Waals surface area (Å²) in [6.45, 7) is 3.84. The third-order valence-electron chi connectivity index (χ3n) is 3.44. The SMILES string of the molecule is CN1CCCN(CC(=O)c2cc(F)ccc2O)CC1. The Morgan fingerprint density at radius 2 is 2.11 bits per heavy atom. The molecule has 4 nitrogen and oxygen atoms in total. The summed E-state index contributed by atoms with van der Waals surface area (Å²) in [5.41, 5.74) is 0.0672. The van der Waals surface area contributed by atoms with E-state index < -0.39 is 5.82 Å². The molecule has 1 aliphatic rings. The van der Waals surface area contributed by atoms with Gasteiger partial charge in [0.1, 0.15) is 11.6 Å². The van der Waals surface area contributed by atoms with Crippen LogP contribution in [0.25, 0.3) is 0 Å². The largest absolute Gasteiger partial charge is 0.507 e. The van der Waals surface area contributed by atoms with Gasteiger partial charge in [0.25, 0.3) is 0 Å². The molecule has 1 aliphatic heterocycles. The predicted molar refractivity (Wildman–Crippen MR) is 70.9 cm³/mol. The van der Waals surface area contributed by atoms with Crippen LogP contribution in [0.15, 0.2) is 18.2 Å². The summed E-state index contributed by atoms with van der Waals surface area (Å²) in [7, 11) is 2.06. The molecular weight excluding hydrogens is 247 g/mol. The van der Waals surface area contributed by atoms with E-state index in [1.54, 1.807) is 0 Å². The van der Waals surface area contributed by atoms with E-state index >= 15 is 0 Å². The van der Waals surface area contributed by atoms with Crippen molar-refractivity contribution in [1.29, 1.82) is 0 Å². The second-order valence-corrected chi connectivity index (χ2v) is 5.02. The maximum absolute atomic E-state index is 13.1. The topological polar surface area (TPSA) is 43.8 Å². The normalized spacial score (nSPS) is 18.2.